The molecule has 1 saturated carbocycles. The van der Waals surface area contributed by atoms with Crippen LogP contribution in [-0.4, -0.2) is 25.5 Å². The van der Waals surface area contributed by atoms with E-state index in [1.54, 1.807) is 32.2 Å². The quantitative estimate of drug-likeness (QED) is 0.750. The van der Waals surface area contributed by atoms with E-state index in [2.05, 4.69) is 15.5 Å². The molecule has 2 aromatic heterocycles. The van der Waals surface area contributed by atoms with Crippen LogP contribution in [0.4, 0.5) is 0 Å². The highest BCUT2D eigenvalue weighted by Gasteiger charge is 2.28. The first-order chi connectivity index (χ1) is 14.1. The smallest absolute Gasteiger partial charge is 0.278 e. The van der Waals surface area contributed by atoms with Crippen LogP contribution in [0.2, 0.25) is 0 Å². The van der Waals surface area contributed by atoms with Gasteiger partial charge in [0.1, 0.15) is 6.54 Å². The molecule has 27 heavy (non-hydrogen) atoms. The fraction of sp³-hybridized carbons (Fsp3) is 0.400. The molecule has 1 aromatic carbocycles. The van der Waals surface area contributed by atoms with Crippen molar-refractivity contribution in [2.24, 2.45) is 0 Å². The standard InChI is InChI=1S/C20H23N5O2/c1-12-4-6-15(7-5-12)13(2)22-18(26)11-24-20(27)19-14(3)23-25(16-8-9-16)17(19)10-21-24/h4-7,10,13,16H,8-9,11H2,1-3H3,(H,22,26)/i1D3. The average Bonchev–Trinajstić information content (AvgIpc) is 3.47. The number of carbonyl (C=O) groups excluding carboxylic acids is 1. The molecule has 1 aliphatic rings. The van der Waals surface area contributed by atoms with E-state index < -0.39 is 6.85 Å². The first-order valence-corrected chi connectivity index (χ1v) is 9.00. The monoisotopic (exact) mass is 368 g/mol. The van der Waals surface area contributed by atoms with Crippen molar-refractivity contribution >= 4 is 16.8 Å². The zero-order chi connectivity index (χ0) is 21.6. The number of carbonyl (C=O) groups is 1. The van der Waals surface area contributed by atoms with E-state index in [9.17, 15) is 9.59 Å². The Morgan fingerprint density at radius 2 is 2.11 bits per heavy atom. The molecule has 1 fully saturated rings. The van der Waals surface area contributed by atoms with Gasteiger partial charge in [0.2, 0.25) is 5.91 Å². The van der Waals surface area contributed by atoms with Crippen LogP contribution in [0.25, 0.3) is 10.9 Å². The number of benzene rings is 1. The van der Waals surface area contributed by atoms with E-state index in [1.165, 1.54) is 12.1 Å². The van der Waals surface area contributed by atoms with Crippen LogP contribution in [0.5, 0.6) is 0 Å². The van der Waals surface area contributed by atoms with Gasteiger partial charge in [0.25, 0.3) is 5.56 Å². The lowest BCUT2D eigenvalue weighted by atomic mass is 10.1. The number of hydrogen-bond donors (Lipinski definition) is 1. The fourth-order valence-corrected chi connectivity index (χ4v) is 3.25. The van der Waals surface area contributed by atoms with Gasteiger partial charge in [0.05, 0.1) is 34.9 Å². The topological polar surface area (TPSA) is 81.8 Å². The van der Waals surface area contributed by atoms with Crippen LogP contribution in [0, 0.1) is 13.8 Å². The summed E-state index contributed by atoms with van der Waals surface area (Å²) in [6, 6.07) is 6.41. The van der Waals surface area contributed by atoms with E-state index in [0.717, 1.165) is 23.1 Å². The molecule has 140 valence electrons. The minimum atomic E-state index is -2.16. The normalized spacial score (nSPS) is 17.2. The van der Waals surface area contributed by atoms with E-state index >= 15 is 0 Å². The maximum absolute atomic E-state index is 12.8. The number of nitrogens with one attached hydrogen (secondary N) is 1. The minimum Gasteiger partial charge on any atom is -0.348 e. The molecular weight excluding hydrogens is 342 g/mol. The number of aromatic nitrogens is 4. The largest absolute Gasteiger partial charge is 0.348 e. The Balaban J connectivity index is 1.48. The fourth-order valence-electron chi connectivity index (χ4n) is 3.25. The summed E-state index contributed by atoms with van der Waals surface area (Å²) in [4.78, 5) is 25.3. The summed E-state index contributed by atoms with van der Waals surface area (Å²) in [6.45, 7) is 1.21. The van der Waals surface area contributed by atoms with Crippen molar-refractivity contribution in [2.45, 2.75) is 52.2 Å². The summed E-state index contributed by atoms with van der Waals surface area (Å²) in [6.07, 6.45) is 3.69. The second kappa shape index (κ2) is 6.64. The van der Waals surface area contributed by atoms with Crippen molar-refractivity contribution in [3.63, 3.8) is 0 Å². The van der Waals surface area contributed by atoms with Gasteiger partial charge in [-0.15, -0.1) is 0 Å². The van der Waals surface area contributed by atoms with E-state index in [1.807, 2.05) is 4.68 Å². The molecule has 1 aliphatic carbocycles. The van der Waals surface area contributed by atoms with Gasteiger partial charge in [-0.3, -0.25) is 14.3 Å². The van der Waals surface area contributed by atoms with Gasteiger partial charge in [0, 0.05) is 4.11 Å². The summed E-state index contributed by atoms with van der Waals surface area (Å²) in [5.41, 5.74) is 2.03. The van der Waals surface area contributed by atoms with Crippen molar-refractivity contribution in [1.29, 1.82) is 0 Å². The summed E-state index contributed by atoms with van der Waals surface area (Å²) >= 11 is 0. The molecule has 1 amide bonds. The van der Waals surface area contributed by atoms with Crippen molar-refractivity contribution in [2.75, 3.05) is 0 Å². The zero-order valence-corrected chi connectivity index (χ0v) is 15.3. The molecule has 0 bridgehead atoms. The Labute approximate surface area is 161 Å². The molecule has 2 heterocycles. The maximum atomic E-state index is 12.8. The summed E-state index contributed by atoms with van der Waals surface area (Å²) in [7, 11) is 0. The van der Waals surface area contributed by atoms with Crippen molar-refractivity contribution in [3.8, 4) is 0 Å². The van der Waals surface area contributed by atoms with Crippen LogP contribution in [0.15, 0.2) is 35.3 Å². The Morgan fingerprint density at radius 1 is 1.37 bits per heavy atom. The number of rotatable bonds is 5. The van der Waals surface area contributed by atoms with Crippen LogP contribution < -0.4 is 10.9 Å². The molecule has 7 heteroatoms. The van der Waals surface area contributed by atoms with Crippen LogP contribution in [0.3, 0.4) is 0 Å². The van der Waals surface area contributed by atoms with Crippen molar-refractivity contribution in [3.05, 3.63) is 57.6 Å². The van der Waals surface area contributed by atoms with Crippen LogP contribution in [-0.2, 0) is 11.3 Å². The summed E-state index contributed by atoms with van der Waals surface area (Å²) < 4.78 is 25.3. The maximum Gasteiger partial charge on any atom is 0.278 e. The van der Waals surface area contributed by atoms with E-state index in [0.29, 0.717) is 22.6 Å². The molecule has 3 aromatic rings. The lowest BCUT2D eigenvalue weighted by Gasteiger charge is -2.15. The summed E-state index contributed by atoms with van der Waals surface area (Å²) in [5.74, 6) is -0.358. The molecule has 7 nitrogen and oxygen atoms in total. The predicted octanol–water partition coefficient (Wildman–Crippen LogP) is 2.42. The first-order valence-electron chi connectivity index (χ1n) is 10.5. The predicted molar refractivity (Wildman–Crippen MR) is 103 cm³/mol. The lowest BCUT2D eigenvalue weighted by Crippen LogP contribution is -2.35. The molecule has 0 saturated heterocycles. The lowest BCUT2D eigenvalue weighted by molar-refractivity contribution is -0.122. The van der Waals surface area contributed by atoms with Gasteiger partial charge in [0.15, 0.2) is 0 Å². The van der Waals surface area contributed by atoms with Crippen LogP contribution >= 0.6 is 0 Å². The highest BCUT2D eigenvalue weighted by atomic mass is 16.2. The van der Waals surface area contributed by atoms with Gasteiger partial charge in [-0.25, -0.2) is 4.68 Å². The van der Waals surface area contributed by atoms with Crippen LogP contribution in [0.1, 0.15) is 52.8 Å². The van der Waals surface area contributed by atoms with Crippen molar-refractivity contribution in [1.82, 2.24) is 24.9 Å². The Morgan fingerprint density at radius 3 is 2.78 bits per heavy atom. The Kier molecular flexibility index (Phi) is 3.48. The SMILES string of the molecule is [2H]C([2H])([2H])c1ccc(C(C)NC(=O)Cn2ncc3c(c(C)nn3C3CC3)c2=O)cc1. The molecule has 0 spiro atoms. The number of amides is 1. The van der Waals surface area contributed by atoms with Gasteiger partial charge in [-0.1, -0.05) is 29.8 Å². The first kappa shape index (κ1) is 14.1. The highest BCUT2D eigenvalue weighted by molar-refractivity contribution is 5.81. The molecule has 1 unspecified atom stereocenters. The zero-order valence-electron chi connectivity index (χ0n) is 18.3. The van der Waals surface area contributed by atoms with E-state index in [4.69, 9.17) is 4.11 Å². The molecule has 1 N–H and O–H groups in total. The number of aryl methyl sites for hydroxylation is 2. The van der Waals surface area contributed by atoms with Crippen molar-refractivity contribution < 1.29 is 8.91 Å². The van der Waals surface area contributed by atoms with Gasteiger partial charge in [-0.2, -0.15) is 10.2 Å². The second-order valence-corrected chi connectivity index (χ2v) is 7.04. The molecule has 1 atom stereocenters. The third-order valence-corrected chi connectivity index (χ3v) is 4.86. The highest BCUT2D eigenvalue weighted by Crippen LogP contribution is 2.36. The van der Waals surface area contributed by atoms with E-state index in [-0.39, 0.29) is 29.6 Å². The molecule has 0 aliphatic heterocycles. The summed E-state index contributed by atoms with van der Waals surface area (Å²) in [5, 5.41) is 12.0. The Hall–Kier alpha value is -2.96. The number of hydrogen-bond acceptors (Lipinski definition) is 4. The third kappa shape index (κ3) is 3.37. The van der Waals surface area contributed by atoms with Gasteiger partial charge < -0.3 is 5.32 Å². The number of nitrogens with zero attached hydrogens (tertiary/aromatic N) is 4. The van der Waals surface area contributed by atoms with Gasteiger partial charge in [-0.05, 0) is 39.1 Å². The molecule has 0 radical (unpaired) electrons. The van der Waals surface area contributed by atoms with Gasteiger partial charge >= 0.3 is 0 Å². The molecule has 4 rings (SSSR count). The third-order valence-electron chi connectivity index (χ3n) is 4.86. The second-order valence-electron chi connectivity index (χ2n) is 7.04. The molecular formula is C20H23N5O2. The minimum absolute atomic E-state index is 0.208. The number of fused-ring (bicyclic) bond motifs is 1. The average molecular weight is 368 g/mol. The Bertz CT molecular complexity index is 1160.